The lowest BCUT2D eigenvalue weighted by molar-refractivity contribution is 0.0932. The van der Waals surface area contributed by atoms with Gasteiger partial charge in [0.15, 0.2) is 0 Å². The largest absolute Gasteiger partial charge is 0.349 e. The fourth-order valence-corrected chi connectivity index (χ4v) is 4.61. The maximum atomic E-state index is 12.6. The van der Waals surface area contributed by atoms with E-state index in [1.807, 2.05) is 19.1 Å². The monoisotopic (exact) mass is 340 g/mol. The van der Waals surface area contributed by atoms with Crippen LogP contribution in [0.1, 0.15) is 47.3 Å². The Morgan fingerprint density at radius 3 is 2.75 bits per heavy atom. The van der Waals surface area contributed by atoms with E-state index in [4.69, 9.17) is 0 Å². The molecule has 0 radical (unpaired) electrons. The summed E-state index contributed by atoms with van der Waals surface area (Å²) in [7, 11) is 0. The standard InChI is InChI=1S/C19H20N2O2S/c1-11-7-8-15-13(9-11)17-14(18(22)21-15)10-16(24-17)19(23)20-12-5-3-2-4-6-12/h7-10,12H,2-6H2,1H3,(H,20,23)(H,21,22). The number of aromatic amines is 1. The lowest BCUT2D eigenvalue weighted by atomic mass is 9.95. The summed E-state index contributed by atoms with van der Waals surface area (Å²) in [4.78, 5) is 28.4. The molecule has 1 fully saturated rings. The molecule has 4 rings (SSSR count). The summed E-state index contributed by atoms with van der Waals surface area (Å²) < 4.78 is 0.895. The second-order valence-electron chi connectivity index (χ2n) is 6.67. The summed E-state index contributed by atoms with van der Waals surface area (Å²) >= 11 is 1.41. The molecule has 1 aromatic carbocycles. The number of pyridine rings is 1. The number of thiophene rings is 1. The number of hydrogen-bond acceptors (Lipinski definition) is 3. The van der Waals surface area contributed by atoms with Crippen molar-refractivity contribution < 1.29 is 4.79 Å². The molecule has 4 nitrogen and oxygen atoms in total. The summed E-state index contributed by atoms with van der Waals surface area (Å²) in [5, 5.41) is 4.74. The average molecular weight is 340 g/mol. The van der Waals surface area contributed by atoms with Gasteiger partial charge in [-0.3, -0.25) is 9.59 Å². The number of fused-ring (bicyclic) bond motifs is 3. The summed E-state index contributed by atoms with van der Waals surface area (Å²) in [6, 6.07) is 7.97. The minimum atomic E-state index is -0.130. The number of benzene rings is 1. The predicted octanol–water partition coefficient (Wildman–Crippen LogP) is 4.11. The third-order valence-corrected chi connectivity index (χ3v) is 5.98. The quantitative estimate of drug-likeness (QED) is 0.737. The zero-order valence-electron chi connectivity index (χ0n) is 13.6. The number of aromatic nitrogens is 1. The number of rotatable bonds is 2. The van der Waals surface area contributed by atoms with Gasteiger partial charge in [0, 0.05) is 21.6 Å². The fourth-order valence-electron chi connectivity index (χ4n) is 3.52. The Labute approximate surface area is 143 Å². The van der Waals surface area contributed by atoms with Crippen LogP contribution in [0.15, 0.2) is 29.1 Å². The number of carbonyl (C=O) groups is 1. The molecule has 2 aromatic heterocycles. The maximum absolute atomic E-state index is 12.6. The van der Waals surface area contributed by atoms with Crippen molar-refractivity contribution in [1.82, 2.24) is 10.3 Å². The van der Waals surface area contributed by atoms with E-state index < -0.39 is 0 Å². The lowest BCUT2D eigenvalue weighted by Gasteiger charge is -2.22. The van der Waals surface area contributed by atoms with Crippen molar-refractivity contribution in [3.8, 4) is 0 Å². The summed E-state index contributed by atoms with van der Waals surface area (Å²) in [5.41, 5.74) is 1.82. The molecule has 2 N–H and O–H groups in total. The van der Waals surface area contributed by atoms with Gasteiger partial charge in [-0.25, -0.2) is 0 Å². The molecule has 0 aliphatic heterocycles. The smallest absolute Gasteiger partial charge is 0.261 e. The Kier molecular flexibility index (Phi) is 3.88. The van der Waals surface area contributed by atoms with Crippen LogP contribution in [0.4, 0.5) is 0 Å². The molecule has 24 heavy (non-hydrogen) atoms. The Bertz CT molecular complexity index is 980. The van der Waals surface area contributed by atoms with E-state index in [9.17, 15) is 9.59 Å². The molecule has 0 atom stereocenters. The SMILES string of the molecule is Cc1ccc2[nH]c(=O)c3cc(C(=O)NC4CCCCC4)sc3c2c1. The predicted molar refractivity (Wildman–Crippen MR) is 99.0 cm³/mol. The molecular weight excluding hydrogens is 320 g/mol. The summed E-state index contributed by atoms with van der Waals surface area (Å²) in [6.45, 7) is 2.03. The topological polar surface area (TPSA) is 62.0 Å². The van der Waals surface area contributed by atoms with Crippen molar-refractivity contribution in [1.29, 1.82) is 0 Å². The second kappa shape index (κ2) is 6.06. The first-order valence-corrected chi connectivity index (χ1v) is 9.30. The highest BCUT2D eigenvalue weighted by molar-refractivity contribution is 7.21. The average Bonchev–Trinajstić information content (AvgIpc) is 3.03. The lowest BCUT2D eigenvalue weighted by Crippen LogP contribution is -2.35. The Morgan fingerprint density at radius 1 is 1.17 bits per heavy atom. The van der Waals surface area contributed by atoms with E-state index in [0.717, 1.165) is 34.0 Å². The third-order valence-electron chi connectivity index (χ3n) is 4.81. The molecule has 1 saturated carbocycles. The van der Waals surface area contributed by atoms with Gasteiger partial charge < -0.3 is 10.3 Å². The molecule has 1 aliphatic rings. The summed E-state index contributed by atoms with van der Waals surface area (Å²) in [6.07, 6.45) is 5.73. The van der Waals surface area contributed by atoms with E-state index >= 15 is 0 Å². The Balaban J connectivity index is 1.75. The van der Waals surface area contributed by atoms with Crippen LogP contribution in [-0.4, -0.2) is 16.9 Å². The van der Waals surface area contributed by atoms with Crippen LogP contribution in [0, 0.1) is 6.92 Å². The first-order valence-electron chi connectivity index (χ1n) is 8.49. The van der Waals surface area contributed by atoms with Crippen LogP contribution in [0.25, 0.3) is 21.0 Å². The van der Waals surface area contributed by atoms with Crippen molar-refractivity contribution in [3.05, 3.63) is 45.1 Å². The Hall–Kier alpha value is -2.14. The van der Waals surface area contributed by atoms with Crippen LogP contribution in [0.3, 0.4) is 0 Å². The molecule has 1 aliphatic carbocycles. The van der Waals surface area contributed by atoms with E-state index in [1.54, 1.807) is 6.07 Å². The Morgan fingerprint density at radius 2 is 1.96 bits per heavy atom. The van der Waals surface area contributed by atoms with Gasteiger partial charge in [0.1, 0.15) is 0 Å². The molecule has 5 heteroatoms. The van der Waals surface area contributed by atoms with Gasteiger partial charge in [-0.15, -0.1) is 11.3 Å². The van der Waals surface area contributed by atoms with Crippen LogP contribution in [0.5, 0.6) is 0 Å². The van der Waals surface area contributed by atoms with Gasteiger partial charge >= 0.3 is 0 Å². The first-order chi connectivity index (χ1) is 11.6. The summed E-state index contributed by atoms with van der Waals surface area (Å²) in [5.74, 6) is -0.0525. The van der Waals surface area contributed by atoms with Crippen LogP contribution in [-0.2, 0) is 0 Å². The number of aryl methyl sites for hydroxylation is 1. The van der Waals surface area contributed by atoms with Crippen LogP contribution >= 0.6 is 11.3 Å². The number of H-pyrrole nitrogens is 1. The second-order valence-corrected chi connectivity index (χ2v) is 7.72. The van der Waals surface area contributed by atoms with Crippen molar-refractivity contribution in [2.45, 2.75) is 45.1 Å². The highest BCUT2D eigenvalue weighted by Gasteiger charge is 2.19. The van der Waals surface area contributed by atoms with E-state index in [1.165, 1.54) is 30.6 Å². The van der Waals surface area contributed by atoms with Crippen LogP contribution in [0.2, 0.25) is 0 Å². The third kappa shape index (κ3) is 2.73. The molecule has 1 amide bonds. The highest BCUT2D eigenvalue weighted by Crippen LogP contribution is 2.30. The van der Waals surface area contributed by atoms with E-state index in [2.05, 4.69) is 16.4 Å². The van der Waals surface area contributed by atoms with Crippen molar-refractivity contribution >= 4 is 38.2 Å². The van der Waals surface area contributed by atoms with Gasteiger partial charge in [-0.1, -0.05) is 30.9 Å². The van der Waals surface area contributed by atoms with Crippen molar-refractivity contribution in [2.24, 2.45) is 0 Å². The van der Waals surface area contributed by atoms with Crippen molar-refractivity contribution in [2.75, 3.05) is 0 Å². The van der Waals surface area contributed by atoms with Gasteiger partial charge in [-0.05, 0) is 38.0 Å². The minimum absolute atomic E-state index is 0.0525. The molecule has 0 unspecified atom stereocenters. The number of amides is 1. The fraction of sp³-hybridized carbons (Fsp3) is 0.368. The molecular formula is C19H20N2O2S. The molecule has 0 saturated heterocycles. The minimum Gasteiger partial charge on any atom is -0.349 e. The number of carbonyl (C=O) groups excluding carboxylic acids is 1. The van der Waals surface area contributed by atoms with Gasteiger partial charge in [-0.2, -0.15) is 0 Å². The zero-order chi connectivity index (χ0) is 16.7. The molecule has 0 bridgehead atoms. The molecule has 3 aromatic rings. The normalized spacial score (nSPS) is 15.9. The van der Waals surface area contributed by atoms with Gasteiger partial charge in [0.2, 0.25) is 0 Å². The number of hydrogen-bond donors (Lipinski definition) is 2. The highest BCUT2D eigenvalue weighted by atomic mass is 32.1. The zero-order valence-corrected chi connectivity index (χ0v) is 14.5. The number of nitrogens with one attached hydrogen (secondary N) is 2. The van der Waals surface area contributed by atoms with E-state index in [-0.39, 0.29) is 17.5 Å². The van der Waals surface area contributed by atoms with E-state index in [0.29, 0.717) is 10.3 Å². The van der Waals surface area contributed by atoms with Crippen molar-refractivity contribution in [3.63, 3.8) is 0 Å². The molecule has 0 spiro atoms. The van der Waals surface area contributed by atoms with Gasteiger partial charge in [0.25, 0.3) is 11.5 Å². The molecule has 124 valence electrons. The maximum Gasteiger partial charge on any atom is 0.261 e. The van der Waals surface area contributed by atoms with Gasteiger partial charge in [0.05, 0.1) is 10.3 Å². The van der Waals surface area contributed by atoms with Crippen LogP contribution < -0.4 is 10.9 Å². The first kappa shape index (κ1) is 15.4. The molecule has 2 heterocycles.